The van der Waals surface area contributed by atoms with E-state index in [1.807, 2.05) is 18.2 Å². The van der Waals surface area contributed by atoms with Gasteiger partial charge < -0.3 is 10.2 Å². The standard InChI is InChI=1S/C17H24N4O2/c1-12(2)9-14-17(23)21-8-7-20(11-15(21)16(22)19-14)10-13-5-3-4-6-18-13/h3-6,12,14-15H,7-11H2,1-2H3,(H,19,22)/t14-,15-/m1/s1. The molecular formula is C17H24N4O2. The summed E-state index contributed by atoms with van der Waals surface area (Å²) >= 11 is 0. The fourth-order valence-electron chi connectivity index (χ4n) is 3.35. The number of fused-ring (bicyclic) bond motifs is 1. The van der Waals surface area contributed by atoms with Crippen LogP contribution in [0.1, 0.15) is 26.0 Å². The molecule has 0 aliphatic carbocycles. The smallest absolute Gasteiger partial charge is 0.245 e. The van der Waals surface area contributed by atoms with Gasteiger partial charge in [0, 0.05) is 32.4 Å². The van der Waals surface area contributed by atoms with Crippen molar-refractivity contribution >= 4 is 11.8 Å². The SMILES string of the molecule is CC(C)C[C@H]1NC(=O)[C@H]2CN(Cc3ccccn3)CCN2C1=O. The summed E-state index contributed by atoms with van der Waals surface area (Å²) in [7, 11) is 0. The zero-order valence-electron chi connectivity index (χ0n) is 13.7. The van der Waals surface area contributed by atoms with Crippen LogP contribution in [0.3, 0.4) is 0 Å². The fourth-order valence-corrected chi connectivity index (χ4v) is 3.35. The molecule has 0 bridgehead atoms. The monoisotopic (exact) mass is 316 g/mol. The molecule has 6 nitrogen and oxygen atoms in total. The highest BCUT2D eigenvalue weighted by atomic mass is 16.2. The van der Waals surface area contributed by atoms with Gasteiger partial charge in [-0.15, -0.1) is 0 Å². The minimum absolute atomic E-state index is 0.0269. The van der Waals surface area contributed by atoms with E-state index in [9.17, 15) is 9.59 Å². The molecule has 0 radical (unpaired) electrons. The molecule has 3 heterocycles. The van der Waals surface area contributed by atoms with Crippen molar-refractivity contribution in [2.45, 2.75) is 38.9 Å². The Balaban J connectivity index is 1.65. The lowest BCUT2D eigenvalue weighted by molar-refractivity contribution is -0.153. The predicted molar refractivity (Wildman–Crippen MR) is 86.4 cm³/mol. The number of hydrogen-bond acceptors (Lipinski definition) is 4. The molecular weight excluding hydrogens is 292 g/mol. The summed E-state index contributed by atoms with van der Waals surface area (Å²) in [6.07, 6.45) is 2.48. The molecule has 1 aromatic rings. The summed E-state index contributed by atoms with van der Waals surface area (Å²) < 4.78 is 0. The molecule has 1 N–H and O–H groups in total. The quantitative estimate of drug-likeness (QED) is 0.885. The van der Waals surface area contributed by atoms with Gasteiger partial charge in [-0.1, -0.05) is 19.9 Å². The van der Waals surface area contributed by atoms with Crippen LogP contribution in [0.2, 0.25) is 0 Å². The van der Waals surface area contributed by atoms with Crippen molar-refractivity contribution in [2.24, 2.45) is 5.92 Å². The molecule has 6 heteroatoms. The normalized spacial score (nSPS) is 25.4. The van der Waals surface area contributed by atoms with Gasteiger partial charge in [-0.25, -0.2) is 0 Å². The first-order valence-electron chi connectivity index (χ1n) is 8.27. The summed E-state index contributed by atoms with van der Waals surface area (Å²) in [6, 6.07) is 5.11. The van der Waals surface area contributed by atoms with E-state index in [4.69, 9.17) is 0 Å². The van der Waals surface area contributed by atoms with Crippen LogP contribution in [0.4, 0.5) is 0 Å². The number of nitrogens with zero attached hydrogens (tertiary/aromatic N) is 3. The molecule has 0 unspecified atom stereocenters. The highest BCUT2D eigenvalue weighted by Crippen LogP contribution is 2.20. The zero-order valence-corrected chi connectivity index (χ0v) is 13.7. The van der Waals surface area contributed by atoms with E-state index in [1.54, 1.807) is 11.1 Å². The average molecular weight is 316 g/mol. The van der Waals surface area contributed by atoms with Crippen molar-refractivity contribution in [3.63, 3.8) is 0 Å². The number of nitrogens with one attached hydrogen (secondary N) is 1. The Morgan fingerprint density at radius 3 is 2.83 bits per heavy atom. The molecule has 2 atom stereocenters. The molecule has 2 aliphatic rings. The average Bonchev–Trinajstić information content (AvgIpc) is 2.53. The molecule has 3 rings (SSSR count). The third-order valence-electron chi connectivity index (χ3n) is 4.48. The highest BCUT2D eigenvalue weighted by molar-refractivity contribution is 5.97. The van der Waals surface area contributed by atoms with E-state index in [0.29, 0.717) is 32.0 Å². The Hall–Kier alpha value is -1.95. The van der Waals surface area contributed by atoms with Gasteiger partial charge in [0.1, 0.15) is 12.1 Å². The van der Waals surface area contributed by atoms with Gasteiger partial charge in [-0.2, -0.15) is 0 Å². The number of carbonyl (C=O) groups excluding carboxylic acids is 2. The molecule has 23 heavy (non-hydrogen) atoms. The van der Waals surface area contributed by atoms with Gasteiger partial charge >= 0.3 is 0 Å². The van der Waals surface area contributed by atoms with Gasteiger partial charge in [0.15, 0.2) is 0 Å². The van der Waals surface area contributed by atoms with Crippen LogP contribution in [0.25, 0.3) is 0 Å². The second-order valence-electron chi connectivity index (χ2n) is 6.79. The van der Waals surface area contributed by atoms with Gasteiger partial charge in [-0.3, -0.25) is 19.5 Å². The lowest BCUT2D eigenvalue weighted by Crippen LogP contribution is -2.69. The second kappa shape index (κ2) is 6.66. The third kappa shape index (κ3) is 3.52. The summed E-state index contributed by atoms with van der Waals surface area (Å²) in [5.41, 5.74) is 0.987. The van der Waals surface area contributed by atoms with Gasteiger partial charge in [0.25, 0.3) is 0 Å². The van der Waals surface area contributed by atoms with E-state index in [0.717, 1.165) is 12.2 Å². The molecule has 2 saturated heterocycles. The number of rotatable bonds is 4. The Morgan fingerprint density at radius 2 is 2.13 bits per heavy atom. The van der Waals surface area contributed by atoms with E-state index in [1.165, 1.54) is 0 Å². The third-order valence-corrected chi connectivity index (χ3v) is 4.48. The number of amides is 2. The van der Waals surface area contributed by atoms with Crippen molar-refractivity contribution < 1.29 is 9.59 Å². The Kier molecular flexibility index (Phi) is 4.61. The van der Waals surface area contributed by atoms with Crippen LogP contribution in [0, 0.1) is 5.92 Å². The van der Waals surface area contributed by atoms with Crippen molar-refractivity contribution in [1.29, 1.82) is 0 Å². The van der Waals surface area contributed by atoms with Crippen molar-refractivity contribution in [2.75, 3.05) is 19.6 Å². The highest BCUT2D eigenvalue weighted by Gasteiger charge is 2.43. The Bertz CT molecular complexity index is 575. The zero-order chi connectivity index (χ0) is 16.4. The number of piperazine rings is 2. The van der Waals surface area contributed by atoms with Gasteiger partial charge in [0.05, 0.1) is 5.69 Å². The Morgan fingerprint density at radius 1 is 1.30 bits per heavy atom. The lowest BCUT2D eigenvalue weighted by atomic mass is 9.97. The van der Waals surface area contributed by atoms with Crippen molar-refractivity contribution in [3.05, 3.63) is 30.1 Å². The van der Waals surface area contributed by atoms with Crippen LogP contribution < -0.4 is 5.32 Å². The maximum atomic E-state index is 12.6. The van der Waals surface area contributed by atoms with E-state index >= 15 is 0 Å². The number of carbonyl (C=O) groups is 2. The first-order chi connectivity index (χ1) is 11.0. The minimum Gasteiger partial charge on any atom is -0.342 e. The first-order valence-corrected chi connectivity index (χ1v) is 8.27. The number of hydrogen-bond donors (Lipinski definition) is 1. The van der Waals surface area contributed by atoms with Crippen LogP contribution in [0.5, 0.6) is 0 Å². The first kappa shape index (κ1) is 15.9. The summed E-state index contributed by atoms with van der Waals surface area (Å²) in [4.78, 5) is 33.3. The summed E-state index contributed by atoms with van der Waals surface area (Å²) in [6.45, 7) is 6.80. The maximum Gasteiger partial charge on any atom is 0.245 e. The van der Waals surface area contributed by atoms with E-state index < -0.39 is 0 Å². The molecule has 2 aliphatic heterocycles. The Labute approximate surface area is 136 Å². The molecule has 0 saturated carbocycles. The summed E-state index contributed by atoms with van der Waals surface area (Å²) in [5.74, 6) is 0.424. The van der Waals surface area contributed by atoms with Crippen molar-refractivity contribution in [3.8, 4) is 0 Å². The van der Waals surface area contributed by atoms with E-state index in [-0.39, 0.29) is 23.9 Å². The van der Waals surface area contributed by atoms with Gasteiger partial charge in [-0.05, 0) is 24.5 Å². The minimum atomic E-state index is -0.372. The lowest BCUT2D eigenvalue weighted by Gasteiger charge is -2.45. The fraction of sp³-hybridized carbons (Fsp3) is 0.588. The largest absolute Gasteiger partial charge is 0.342 e. The second-order valence-corrected chi connectivity index (χ2v) is 6.79. The maximum absolute atomic E-state index is 12.6. The molecule has 0 spiro atoms. The molecule has 124 valence electrons. The molecule has 2 fully saturated rings. The van der Waals surface area contributed by atoms with Crippen LogP contribution in [-0.4, -0.2) is 58.3 Å². The number of aromatic nitrogens is 1. The van der Waals surface area contributed by atoms with Crippen molar-refractivity contribution in [1.82, 2.24) is 20.1 Å². The van der Waals surface area contributed by atoms with Gasteiger partial charge in [0.2, 0.25) is 11.8 Å². The summed E-state index contributed by atoms with van der Waals surface area (Å²) in [5, 5.41) is 2.91. The van der Waals surface area contributed by atoms with Crippen LogP contribution in [-0.2, 0) is 16.1 Å². The number of pyridine rings is 1. The van der Waals surface area contributed by atoms with E-state index in [2.05, 4.69) is 29.0 Å². The predicted octanol–water partition coefficient (Wildman–Crippen LogP) is 0.639. The van der Waals surface area contributed by atoms with Crippen LogP contribution in [0.15, 0.2) is 24.4 Å². The topological polar surface area (TPSA) is 65.5 Å². The van der Waals surface area contributed by atoms with Crippen LogP contribution >= 0.6 is 0 Å². The molecule has 2 amide bonds. The molecule has 0 aromatic carbocycles. The molecule has 1 aromatic heterocycles.